The predicted molar refractivity (Wildman–Crippen MR) is 188 cm³/mol. The molecule has 0 spiro atoms. The Kier molecular flexibility index (Phi) is 14.2. The Bertz CT molecular complexity index is 1670. The molecule has 2 N–H and O–H groups in total. The molecule has 7 nitrogen and oxygen atoms in total. The van der Waals surface area contributed by atoms with Crippen LogP contribution in [-0.2, 0) is 21.5 Å². The van der Waals surface area contributed by atoms with Gasteiger partial charge in [0.1, 0.15) is 22.5 Å². The van der Waals surface area contributed by atoms with Gasteiger partial charge in [-0.3, -0.25) is 4.55 Å². The van der Waals surface area contributed by atoms with E-state index in [2.05, 4.69) is 13.8 Å². The zero-order valence-electron chi connectivity index (χ0n) is 27.5. The molecule has 1 atom stereocenters. The molecule has 0 fully saturated rings. The second-order valence-corrected chi connectivity index (χ2v) is 13.9. The van der Waals surface area contributed by atoms with E-state index in [1.54, 1.807) is 19.2 Å². The van der Waals surface area contributed by atoms with Crippen molar-refractivity contribution in [2.75, 3.05) is 20.3 Å². The van der Waals surface area contributed by atoms with E-state index < -0.39 is 16.2 Å². The number of hydrogen-bond donors (Lipinski definition) is 2. The smallest absolute Gasteiger partial charge is 0.295 e. The van der Waals surface area contributed by atoms with E-state index in [-0.39, 0.29) is 4.90 Å². The van der Waals surface area contributed by atoms with Gasteiger partial charge in [0.2, 0.25) is 0 Å². The molecule has 0 saturated carbocycles. The minimum Gasteiger partial charge on any atom is -0.496 e. The average molecular weight is 679 g/mol. The molecule has 4 aromatic carbocycles. The number of methoxy groups -OCH3 is 1. The van der Waals surface area contributed by atoms with Gasteiger partial charge in [-0.05, 0) is 83.6 Å². The number of aliphatic hydroxyl groups excluding tert-OH is 1. The van der Waals surface area contributed by atoms with Gasteiger partial charge in [0.15, 0.2) is 0 Å². The molecule has 0 aliphatic heterocycles. The van der Waals surface area contributed by atoms with Crippen LogP contribution in [0.15, 0.2) is 99.6 Å². The fourth-order valence-corrected chi connectivity index (χ4v) is 7.14. The molecule has 4 rings (SSSR count). The lowest BCUT2D eigenvalue weighted by atomic mass is 9.92. The lowest BCUT2D eigenvalue weighted by Crippen LogP contribution is -2.05. The summed E-state index contributed by atoms with van der Waals surface area (Å²) in [4.78, 5) is 0.988. The first-order valence-corrected chi connectivity index (χ1v) is 18.5. The standard InChI is InChI=1S/C38H46O7S2/c1-4-6-8-9-12-23-44-27-30-25-29(15-21-35(30)43-3)38(39)34-14-11-10-13-33(34)28-16-22-36(37(26-28)47(40,41)42)46-32-19-17-31(18-20-32)45-24-7-5-2/h10-11,13-22,25-26,38-39H,4-9,12,23-24,27H2,1-3H3,(H,40,41,42). The quantitative estimate of drug-likeness (QED) is 0.0747. The maximum atomic E-state index is 12.6. The highest BCUT2D eigenvalue weighted by molar-refractivity contribution is 8.00. The van der Waals surface area contributed by atoms with E-state index in [1.807, 2.05) is 66.7 Å². The predicted octanol–water partition coefficient (Wildman–Crippen LogP) is 9.51. The Labute approximate surface area is 284 Å². The molecule has 0 bridgehead atoms. The summed E-state index contributed by atoms with van der Waals surface area (Å²) in [6.45, 7) is 5.96. The summed E-state index contributed by atoms with van der Waals surface area (Å²) in [5.41, 5.74) is 3.29. The first-order chi connectivity index (χ1) is 22.7. The van der Waals surface area contributed by atoms with Crippen LogP contribution in [0, 0.1) is 0 Å². The summed E-state index contributed by atoms with van der Waals surface area (Å²) in [6, 6.07) is 25.2. The first-order valence-electron chi connectivity index (χ1n) is 16.3. The van der Waals surface area contributed by atoms with Crippen molar-refractivity contribution in [2.24, 2.45) is 0 Å². The van der Waals surface area contributed by atoms with Gasteiger partial charge in [0.25, 0.3) is 10.1 Å². The van der Waals surface area contributed by atoms with Crippen LogP contribution in [0.3, 0.4) is 0 Å². The Balaban J connectivity index is 1.56. The monoisotopic (exact) mass is 678 g/mol. The lowest BCUT2D eigenvalue weighted by molar-refractivity contribution is 0.114. The number of ether oxygens (including phenoxy) is 3. The molecule has 0 saturated heterocycles. The van der Waals surface area contributed by atoms with E-state index in [4.69, 9.17) is 14.2 Å². The third-order valence-electron chi connectivity index (χ3n) is 7.88. The number of rotatable bonds is 19. The minimum atomic E-state index is -4.56. The van der Waals surface area contributed by atoms with Crippen molar-refractivity contribution in [1.82, 2.24) is 0 Å². The Hall–Kier alpha value is -3.34. The number of aliphatic hydroxyl groups is 1. The molecule has 9 heteroatoms. The van der Waals surface area contributed by atoms with E-state index in [0.29, 0.717) is 52.7 Å². The molecule has 1 unspecified atom stereocenters. The van der Waals surface area contributed by atoms with Crippen LogP contribution in [0.4, 0.5) is 0 Å². The number of benzene rings is 4. The SMILES string of the molecule is CCCCCCCOCc1cc(C(O)c2ccccc2-c2ccc(Sc3ccc(OCCCC)cc3)c(S(=O)(=O)O)c2)ccc1OC. The van der Waals surface area contributed by atoms with Crippen molar-refractivity contribution in [2.45, 2.75) is 86.2 Å². The van der Waals surface area contributed by atoms with Gasteiger partial charge in [0, 0.05) is 22.0 Å². The molecule has 0 aliphatic rings. The van der Waals surface area contributed by atoms with Crippen LogP contribution in [0.2, 0.25) is 0 Å². The van der Waals surface area contributed by atoms with Crippen LogP contribution in [0.5, 0.6) is 11.5 Å². The summed E-state index contributed by atoms with van der Waals surface area (Å²) in [5.74, 6) is 1.43. The largest absolute Gasteiger partial charge is 0.496 e. The molecular formula is C38H46O7S2. The van der Waals surface area contributed by atoms with Crippen molar-refractivity contribution >= 4 is 21.9 Å². The summed E-state index contributed by atoms with van der Waals surface area (Å²) in [7, 11) is -2.95. The molecule has 0 aromatic heterocycles. The molecule has 4 aromatic rings. The summed E-state index contributed by atoms with van der Waals surface area (Å²) >= 11 is 1.24. The van der Waals surface area contributed by atoms with Crippen LogP contribution in [-0.4, -0.2) is 38.4 Å². The summed E-state index contributed by atoms with van der Waals surface area (Å²) in [5, 5.41) is 11.6. The molecular weight excluding hydrogens is 633 g/mol. The highest BCUT2D eigenvalue weighted by Crippen LogP contribution is 2.39. The molecule has 0 radical (unpaired) electrons. The van der Waals surface area contributed by atoms with Gasteiger partial charge in [-0.2, -0.15) is 8.42 Å². The maximum absolute atomic E-state index is 12.6. The van der Waals surface area contributed by atoms with Gasteiger partial charge in [-0.1, -0.05) is 94.1 Å². The molecule has 0 heterocycles. The second-order valence-electron chi connectivity index (χ2n) is 11.4. The molecule has 47 heavy (non-hydrogen) atoms. The van der Waals surface area contributed by atoms with E-state index in [9.17, 15) is 18.1 Å². The topological polar surface area (TPSA) is 102 Å². The van der Waals surface area contributed by atoms with E-state index >= 15 is 0 Å². The molecule has 252 valence electrons. The highest BCUT2D eigenvalue weighted by atomic mass is 32.2. The fraction of sp³-hybridized carbons (Fsp3) is 0.368. The average Bonchev–Trinajstić information content (AvgIpc) is 3.08. The highest BCUT2D eigenvalue weighted by Gasteiger charge is 2.21. The Morgan fingerprint density at radius 1 is 0.809 bits per heavy atom. The normalized spacial score (nSPS) is 12.2. The Morgan fingerprint density at radius 2 is 1.55 bits per heavy atom. The van der Waals surface area contributed by atoms with Crippen molar-refractivity contribution in [3.8, 4) is 22.6 Å². The van der Waals surface area contributed by atoms with Crippen LogP contribution < -0.4 is 9.47 Å². The van der Waals surface area contributed by atoms with Crippen molar-refractivity contribution in [3.63, 3.8) is 0 Å². The molecule has 0 aliphatic carbocycles. The van der Waals surface area contributed by atoms with Crippen molar-refractivity contribution < 1.29 is 32.3 Å². The van der Waals surface area contributed by atoms with Crippen molar-refractivity contribution in [1.29, 1.82) is 0 Å². The second kappa shape index (κ2) is 18.3. The fourth-order valence-electron chi connectivity index (χ4n) is 5.28. The van der Waals surface area contributed by atoms with Crippen LogP contribution in [0.1, 0.15) is 81.6 Å². The summed E-state index contributed by atoms with van der Waals surface area (Å²) < 4.78 is 52.7. The zero-order valence-corrected chi connectivity index (χ0v) is 29.1. The van der Waals surface area contributed by atoms with Gasteiger partial charge in [-0.25, -0.2) is 0 Å². The third-order valence-corrected chi connectivity index (χ3v) is 9.98. The minimum absolute atomic E-state index is 0.203. The van der Waals surface area contributed by atoms with Crippen LogP contribution in [0.25, 0.3) is 11.1 Å². The molecule has 0 amide bonds. The maximum Gasteiger partial charge on any atom is 0.295 e. The van der Waals surface area contributed by atoms with Crippen LogP contribution >= 0.6 is 11.8 Å². The Morgan fingerprint density at radius 3 is 2.28 bits per heavy atom. The van der Waals surface area contributed by atoms with E-state index in [1.165, 1.54) is 37.1 Å². The van der Waals surface area contributed by atoms with Crippen molar-refractivity contribution in [3.05, 3.63) is 102 Å². The number of hydrogen-bond acceptors (Lipinski definition) is 7. The van der Waals surface area contributed by atoms with Gasteiger partial charge < -0.3 is 19.3 Å². The van der Waals surface area contributed by atoms with Gasteiger partial charge in [0.05, 0.1) is 20.3 Å². The lowest BCUT2D eigenvalue weighted by Gasteiger charge is -2.19. The summed E-state index contributed by atoms with van der Waals surface area (Å²) in [6.07, 6.45) is 6.79. The first kappa shape index (κ1) is 36.5. The van der Waals surface area contributed by atoms with Gasteiger partial charge in [-0.15, -0.1) is 0 Å². The van der Waals surface area contributed by atoms with E-state index in [0.717, 1.165) is 41.9 Å². The third kappa shape index (κ3) is 10.6. The van der Waals surface area contributed by atoms with Gasteiger partial charge >= 0.3 is 0 Å². The number of unbranched alkanes of at least 4 members (excludes halogenated alkanes) is 5. The zero-order chi connectivity index (χ0) is 33.6.